The molecule has 31 heavy (non-hydrogen) atoms. The lowest BCUT2D eigenvalue weighted by Crippen LogP contribution is -2.25. The van der Waals surface area contributed by atoms with E-state index in [0.29, 0.717) is 17.5 Å². The number of amides is 1. The van der Waals surface area contributed by atoms with Gasteiger partial charge in [0.15, 0.2) is 11.4 Å². The molecule has 1 amide bonds. The number of carbonyl (C=O) groups excluding carboxylic acids is 1. The van der Waals surface area contributed by atoms with E-state index in [1.54, 1.807) is 23.5 Å². The summed E-state index contributed by atoms with van der Waals surface area (Å²) in [4.78, 5) is 17.5. The Morgan fingerprint density at radius 3 is 2.61 bits per heavy atom. The van der Waals surface area contributed by atoms with Crippen molar-refractivity contribution in [2.45, 2.75) is 44.6 Å². The Hall–Kier alpha value is -2.93. The fraction of sp³-hybridized carbons (Fsp3) is 0.333. The highest BCUT2D eigenvalue weighted by Gasteiger charge is 2.22. The quantitative estimate of drug-likeness (QED) is 0.526. The third-order valence-corrected chi connectivity index (χ3v) is 6.73. The maximum atomic E-state index is 13.3. The third kappa shape index (κ3) is 4.28. The van der Waals surface area contributed by atoms with Gasteiger partial charge < -0.3 is 14.6 Å². The summed E-state index contributed by atoms with van der Waals surface area (Å²) in [6.45, 7) is 0.0492. The van der Waals surface area contributed by atoms with Crippen molar-refractivity contribution in [3.63, 3.8) is 0 Å². The monoisotopic (exact) mass is 437 g/mol. The van der Waals surface area contributed by atoms with Crippen LogP contribution in [0.15, 0.2) is 52.8 Å². The number of carbonyl (C=O) groups is 1. The van der Waals surface area contributed by atoms with Crippen molar-refractivity contribution in [1.29, 1.82) is 0 Å². The number of nitrogens with zero attached hydrogens (tertiary/aromatic N) is 2. The topological polar surface area (TPSA) is 55.6 Å². The number of aromatic nitrogens is 1. The van der Waals surface area contributed by atoms with Crippen LogP contribution in [0.3, 0.4) is 0 Å². The lowest BCUT2D eigenvalue weighted by Gasteiger charge is -2.22. The molecule has 2 aliphatic rings. The van der Waals surface area contributed by atoms with Crippen molar-refractivity contribution in [3.05, 3.63) is 58.5 Å². The highest BCUT2D eigenvalue weighted by Crippen LogP contribution is 2.36. The van der Waals surface area contributed by atoms with Crippen LogP contribution in [0.5, 0.6) is 5.75 Å². The number of benzene rings is 2. The molecule has 0 bridgehead atoms. The zero-order chi connectivity index (χ0) is 21.2. The molecule has 2 heterocycles. The number of thiazole rings is 1. The molecule has 0 radical (unpaired) electrons. The van der Waals surface area contributed by atoms with Crippen molar-refractivity contribution in [2.24, 2.45) is 4.99 Å². The summed E-state index contributed by atoms with van der Waals surface area (Å²) in [6, 6.07) is 12.6. The van der Waals surface area contributed by atoms with E-state index in [4.69, 9.17) is 9.73 Å². The average Bonchev–Trinajstić information content (AvgIpc) is 3.00. The highest BCUT2D eigenvalue weighted by molar-refractivity contribution is 7.07. The van der Waals surface area contributed by atoms with Gasteiger partial charge in [0.05, 0.1) is 17.1 Å². The predicted molar refractivity (Wildman–Crippen MR) is 120 cm³/mol. The van der Waals surface area contributed by atoms with Gasteiger partial charge in [-0.05, 0) is 55.3 Å². The number of halogens is 1. The smallest absolute Gasteiger partial charge is 0.262 e. The molecule has 2 aromatic carbocycles. The van der Waals surface area contributed by atoms with Gasteiger partial charge in [0.2, 0.25) is 0 Å². The van der Waals surface area contributed by atoms with Gasteiger partial charge in [-0.3, -0.25) is 4.79 Å². The van der Waals surface area contributed by atoms with Crippen LogP contribution in [0.4, 0.5) is 15.8 Å². The normalized spacial score (nSPS) is 17.6. The van der Waals surface area contributed by atoms with Crippen molar-refractivity contribution in [3.8, 4) is 17.0 Å². The summed E-state index contributed by atoms with van der Waals surface area (Å²) in [7, 11) is 0. The molecule has 1 aliphatic heterocycles. The standard InChI is InChI=1S/C24H24FN3O2S/c25-17-8-10-18(11-9-17)26-24-28(19-5-3-1-2-4-6-19)21(15-31-24)16-7-12-22-20(13-16)27-23(29)14-30-22/h7-13,15,19H,1-6,14H2,(H,27,29). The number of fused-ring (bicyclic) bond motifs is 1. The summed E-state index contributed by atoms with van der Waals surface area (Å²) in [6.07, 6.45) is 7.18. The number of rotatable bonds is 3. The first-order valence-electron chi connectivity index (χ1n) is 10.7. The fourth-order valence-corrected chi connectivity index (χ4v) is 5.34. The summed E-state index contributed by atoms with van der Waals surface area (Å²) in [5.41, 5.74) is 3.54. The second-order valence-corrected chi connectivity index (χ2v) is 8.89. The Balaban J connectivity index is 1.62. The zero-order valence-corrected chi connectivity index (χ0v) is 18.0. The minimum atomic E-state index is -0.263. The Bertz CT molecular complexity index is 1160. The molecular weight excluding hydrogens is 413 g/mol. The number of hydrogen-bond donors (Lipinski definition) is 1. The van der Waals surface area contributed by atoms with E-state index in [-0.39, 0.29) is 18.3 Å². The maximum Gasteiger partial charge on any atom is 0.262 e. The van der Waals surface area contributed by atoms with Crippen molar-refractivity contribution < 1.29 is 13.9 Å². The summed E-state index contributed by atoms with van der Waals surface area (Å²) >= 11 is 1.59. The zero-order valence-electron chi connectivity index (χ0n) is 17.1. The van der Waals surface area contributed by atoms with Crippen LogP contribution in [0, 0.1) is 5.82 Å². The van der Waals surface area contributed by atoms with Crippen LogP contribution in [-0.4, -0.2) is 17.1 Å². The van der Waals surface area contributed by atoms with Crippen molar-refractivity contribution in [1.82, 2.24) is 4.57 Å². The number of anilines is 1. The first-order valence-corrected chi connectivity index (χ1v) is 11.6. The van der Waals surface area contributed by atoms with E-state index in [9.17, 15) is 9.18 Å². The highest BCUT2D eigenvalue weighted by atomic mass is 32.1. The largest absolute Gasteiger partial charge is 0.482 e. The van der Waals surface area contributed by atoms with Gasteiger partial charge in [-0.1, -0.05) is 25.7 Å². The fourth-order valence-electron chi connectivity index (χ4n) is 4.35. The predicted octanol–water partition coefficient (Wildman–Crippen LogP) is 5.81. The molecule has 1 N–H and O–H groups in total. The minimum Gasteiger partial charge on any atom is -0.482 e. The van der Waals surface area contributed by atoms with E-state index < -0.39 is 0 Å². The van der Waals surface area contributed by atoms with Gasteiger partial charge in [-0.15, -0.1) is 11.3 Å². The molecular formula is C24H24FN3O2S. The van der Waals surface area contributed by atoms with Crippen molar-refractivity contribution >= 4 is 28.6 Å². The first-order chi connectivity index (χ1) is 15.2. The van der Waals surface area contributed by atoms with Crippen LogP contribution in [0.1, 0.15) is 44.6 Å². The Kier molecular flexibility index (Phi) is 5.59. The molecule has 0 spiro atoms. The van der Waals surface area contributed by atoms with Gasteiger partial charge in [-0.25, -0.2) is 9.38 Å². The first kappa shape index (κ1) is 20.0. The molecule has 3 aromatic rings. The van der Waals surface area contributed by atoms with E-state index in [1.807, 2.05) is 18.2 Å². The van der Waals surface area contributed by atoms with Gasteiger partial charge in [0, 0.05) is 17.0 Å². The maximum absolute atomic E-state index is 13.3. The average molecular weight is 438 g/mol. The molecule has 1 aromatic heterocycles. The molecule has 1 fully saturated rings. The van der Waals surface area contributed by atoms with Gasteiger partial charge in [0.1, 0.15) is 11.6 Å². The molecule has 1 saturated carbocycles. The van der Waals surface area contributed by atoms with E-state index in [1.165, 1.54) is 37.8 Å². The van der Waals surface area contributed by atoms with Crippen LogP contribution in [0.2, 0.25) is 0 Å². The Labute approximate surface area is 184 Å². The van der Waals surface area contributed by atoms with E-state index in [2.05, 4.69) is 15.3 Å². The molecule has 5 nitrogen and oxygen atoms in total. The minimum absolute atomic E-state index is 0.0492. The third-order valence-electron chi connectivity index (χ3n) is 5.89. The lowest BCUT2D eigenvalue weighted by molar-refractivity contribution is -0.118. The molecule has 0 unspecified atom stereocenters. The van der Waals surface area contributed by atoms with Crippen LogP contribution >= 0.6 is 11.3 Å². The number of nitrogens with one attached hydrogen (secondary N) is 1. The summed E-state index contributed by atoms with van der Waals surface area (Å²) < 4.78 is 21.2. The van der Waals surface area contributed by atoms with Crippen LogP contribution in [0.25, 0.3) is 11.3 Å². The van der Waals surface area contributed by atoms with Gasteiger partial charge >= 0.3 is 0 Å². The molecule has 7 heteroatoms. The van der Waals surface area contributed by atoms with Crippen LogP contribution in [-0.2, 0) is 4.79 Å². The summed E-state index contributed by atoms with van der Waals surface area (Å²) in [5.74, 6) is 0.287. The summed E-state index contributed by atoms with van der Waals surface area (Å²) in [5, 5.41) is 5.03. The van der Waals surface area contributed by atoms with Crippen LogP contribution < -0.4 is 14.9 Å². The van der Waals surface area contributed by atoms with Gasteiger partial charge in [0.25, 0.3) is 5.91 Å². The molecule has 5 rings (SSSR count). The molecule has 0 saturated heterocycles. The molecule has 160 valence electrons. The molecule has 0 atom stereocenters. The SMILES string of the molecule is O=C1COc2ccc(-c3csc(=Nc4ccc(F)cc4)n3C3CCCCCC3)cc2N1. The van der Waals surface area contributed by atoms with Crippen molar-refractivity contribution in [2.75, 3.05) is 11.9 Å². The number of ether oxygens (including phenoxy) is 1. The van der Waals surface area contributed by atoms with E-state index in [0.717, 1.165) is 34.6 Å². The van der Waals surface area contributed by atoms with E-state index >= 15 is 0 Å². The Morgan fingerprint density at radius 2 is 1.84 bits per heavy atom. The molecule has 1 aliphatic carbocycles. The lowest BCUT2D eigenvalue weighted by atomic mass is 10.1. The second kappa shape index (κ2) is 8.67. The van der Waals surface area contributed by atoms with Gasteiger partial charge in [-0.2, -0.15) is 0 Å². The number of hydrogen-bond acceptors (Lipinski definition) is 4. The second-order valence-electron chi connectivity index (χ2n) is 8.05. The Morgan fingerprint density at radius 1 is 1.06 bits per heavy atom.